The Kier molecular flexibility index (Phi) is 7.13. The second-order valence-corrected chi connectivity index (χ2v) is 4.23. The quantitative estimate of drug-likeness (QED) is 0.399. The van der Waals surface area contributed by atoms with Crippen LogP contribution >= 0.6 is 12.0 Å². The van der Waals surface area contributed by atoms with Crippen molar-refractivity contribution in [3.05, 3.63) is 0 Å². The molecule has 0 aromatic carbocycles. The molecule has 0 aliphatic heterocycles. The second-order valence-electron chi connectivity index (χ2n) is 3.70. The zero-order valence-electron chi connectivity index (χ0n) is 10.3. The fourth-order valence-corrected chi connectivity index (χ4v) is 1.37. The van der Waals surface area contributed by atoms with E-state index in [1.165, 1.54) is 20.8 Å². The third-order valence-corrected chi connectivity index (χ3v) is 2.08. The normalized spacial score (nSPS) is 15.8. The van der Waals surface area contributed by atoms with Gasteiger partial charge >= 0.3 is 11.9 Å². The van der Waals surface area contributed by atoms with Crippen LogP contribution in [0.3, 0.4) is 0 Å². The number of esters is 2. The van der Waals surface area contributed by atoms with Gasteiger partial charge in [-0.2, -0.15) is 0 Å². The SMILES string of the molecule is CSOC(CC(C)(F)COC(C)=O)OC(C)=O. The number of alkyl halides is 1. The maximum Gasteiger partial charge on any atom is 0.304 e. The molecule has 2 atom stereocenters. The molecule has 0 radical (unpaired) electrons. The standard InChI is InChI=1S/C10H17FO5S/c1-7(12)14-6-10(3,11)5-9(16-17-4)15-8(2)13/h9H,5-6H2,1-4H3. The third-order valence-electron chi connectivity index (χ3n) is 1.67. The maximum absolute atomic E-state index is 13.9. The van der Waals surface area contributed by atoms with Crippen molar-refractivity contribution in [2.45, 2.75) is 39.2 Å². The zero-order chi connectivity index (χ0) is 13.5. The van der Waals surface area contributed by atoms with Crippen molar-refractivity contribution in [2.75, 3.05) is 12.9 Å². The summed E-state index contributed by atoms with van der Waals surface area (Å²) in [4.78, 5) is 21.3. The van der Waals surface area contributed by atoms with Crippen LogP contribution in [0, 0.1) is 0 Å². The summed E-state index contributed by atoms with van der Waals surface area (Å²) in [5.41, 5.74) is -1.82. The van der Waals surface area contributed by atoms with E-state index in [9.17, 15) is 14.0 Å². The first-order valence-electron chi connectivity index (χ1n) is 4.96. The van der Waals surface area contributed by atoms with Crippen molar-refractivity contribution < 1.29 is 27.6 Å². The minimum absolute atomic E-state index is 0.208. The molecule has 0 spiro atoms. The predicted molar refractivity (Wildman–Crippen MR) is 60.9 cm³/mol. The van der Waals surface area contributed by atoms with Gasteiger partial charge in [0.15, 0.2) is 0 Å². The highest BCUT2D eigenvalue weighted by atomic mass is 32.2. The Morgan fingerprint density at radius 2 is 1.94 bits per heavy atom. The molecule has 0 N–H and O–H groups in total. The molecule has 0 aliphatic rings. The van der Waals surface area contributed by atoms with Gasteiger partial charge in [-0.05, 0) is 19.0 Å². The lowest BCUT2D eigenvalue weighted by Crippen LogP contribution is -2.33. The number of carbonyl (C=O) groups excluding carboxylic acids is 2. The smallest absolute Gasteiger partial charge is 0.304 e. The summed E-state index contributed by atoms with van der Waals surface area (Å²) in [7, 11) is 0. The van der Waals surface area contributed by atoms with E-state index in [4.69, 9.17) is 8.92 Å². The van der Waals surface area contributed by atoms with Gasteiger partial charge in [-0.3, -0.25) is 13.8 Å². The molecule has 0 saturated carbocycles. The van der Waals surface area contributed by atoms with Crippen molar-refractivity contribution in [3.8, 4) is 0 Å². The summed E-state index contributed by atoms with van der Waals surface area (Å²) in [6.07, 6.45) is 0.409. The highest BCUT2D eigenvalue weighted by Crippen LogP contribution is 2.22. The lowest BCUT2D eigenvalue weighted by Gasteiger charge is -2.24. The molecule has 0 fully saturated rings. The van der Waals surface area contributed by atoms with E-state index in [0.29, 0.717) is 0 Å². The molecule has 0 rings (SSSR count). The Balaban J connectivity index is 4.29. The van der Waals surface area contributed by atoms with Crippen LogP contribution in [-0.2, 0) is 23.2 Å². The highest BCUT2D eigenvalue weighted by Gasteiger charge is 2.31. The van der Waals surface area contributed by atoms with Gasteiger partial charge in [-0.25, -0.2) is 4.39 Å². The van der Waals surface area contributed by atoms with Gasteiger partial charge < -0.3 is 9.47 Å². The third kappa shape index (κ3) is 8.93. The molecule has 0 amide bonds. The lowest BCUT2D eigenvalue weighted by atomic mass is 10.1. The van der Waals surface area contributed by atoms with Crippen LogP contribution in [0.5, 0.6) is 0 Å². The number of ether oxygens (including phenoxy) is 2. The van der Waals surface area contributed by atoms with Crippen LogP contribution in [0.4, 0.5) is 4.39 Å². The van der Waals surface area contributed by atoms with Gasteiger partial charge in [-0.15, -0.1) is 0 Å². The largest absolute Gasteiger partial charge is 0.462 e. The Labute approximate surface area is 104 Å². The van der Waals surface area contributed by atoms with E-state index in [-0.39, 0.29) is 6.42 Å². The topological polar surface area (TPSA) is 61.8 Å². The van der Waals surface area contributed by atoms with E-state index in [0.717, 1.165) is 12.0 Å². The molecule has 2 unspecified atom stereocenters. The van der Waals surface area contributed by atoms with Crippen LogP contribution in [0.2, 0.25) is 0 Å². The molecule has 0 saturated heterocycles. The molecule has 0 heterocycles. The average molecular weight is 268 g/mol. The van der Waals surface area contributed by atoms with Crippen LogP contribution in [0.15, 0.2) is 0 Å². The molecule has 0 bridgehead atoms. The lowest BCUT2D eigenvalue weighted by molar-refractivity contribution is -0.167. The first-order chi connectivity index (χ1) is 7.76. The molecule has 5 nitrogen and oxygen atoms in total. The van der Waals surface area contributed by atoms with E-state index >= 15 is 0 Å². The van der Waals surface area contributed by atoms with E-state index < -0.39 is 30.5 Å². The van der Waals surface area contributed by atoms with Gasteiger partial charge in [0.2, 0.25) is 6.29 Å². The summed E-state index contributed by atoms with van der Waals surface area (Å²) in [5.74, 6) is -1.13. The molecular formula is C10H17FO5S. The Bertz CT molecular complexity index is 269. The molecule has 100 valence electrons. The minimum atomic E-state index is -1.82. The number of rotatable bonds is 7. The van der Waals surface area contributed by atoms with Crippen molar-refractivity contribution in [3.63, 3.8) is 0 Å². The number of carbonyl (C=O) groups is 2. The fraction of sp³-hybridized carbons (Fsp3) is 0.800. The van der Waals surface area contributed by atoms with Crippen molar-refractivity contribution in [1.82, 2.24) is 0 Å². The predicted octanol–water partition coefficient (Wildman–Crippen LogP) is 1.85. The number of halogens is 1. The van der Waals surface area contributed by atoms with Gasteiger partial charge in [0.1, 0.15) is 12.3 Å². The monoisotopic (exact) mass is 268 g/mol. The van der Waals surface area contributed by atoms with Crippen LogP contribution < -0.4 is 0 Å². The van der Waals surface area contributed by atoms with Crippen LogP contribution in [-0.4, -0.2) is 36.8 Å². The highest BCUT2D eigenvalue weighted by molar-refractivity contribution is 7.93. The number of hydrogen-bond acceptors (Lipinski definition) is 6. The zero-order valence-corrected chi connectivity index (χ0v) is 11.1. The molecule has 0 aromatic rings. The van der Waals surface area contributed by atoms with E-state index in [2.05, 4.69) is 4.74 Å². The van der Waals surface area contributed by atoms with Gasteiger partial charge in [0, 0.05) is 26.5 Å². The molecule has 0 aliphatic carbocycles. The maximum atomic E-state index is 13.9. The van der Waals surface area contributed by atoms with Crippen LogP contribution in [0.25, 0.3) is 0 Å². The Hall–Kier alpha value is -0.820. The van der Waals surface area contributed by atoms with Crippen molar-refractivity contribution >= 4 is 24.0 Å². The first kappa shape index (κ1) is 16.2. The van der Waals surface area contributed by atoms with E-state index in [1.54, 1.807) is 6.26 Å². The average Bonchev–Trinajstić information content (AvgIpc) is 2.13. The second kappa shape index (κ2) is 7.50. The molecule has 17 heavy (non-hydrogen) atoms. The Morgan fingerprint density at radius 1 is 1.35 bits per heavy atom. The van der Waals surface area contributed by atoms with Crippen molar-refractivity contribution in [1.29, 1.82) is 0 Å². The number of hydrogen-bond donors (Lipinski definition) is 0. The summed E-state index contributed by atoms with van der Waals surface area (Å²) in [6.45, 7) is 3.24. The van der Waals surface area contributed by atoms with Gasteiger partial charge in [0.25, 0.3) is 0 Å². The molecule has 0 aromatic heterocycles. The summed E-state index contributed by atoms with van der Waals surface area (Å²) < 4.78 is 28.3. The fourth-order valence-electron chi connectivity index (χ4n) is 1.05. The molecular weight excluding hydrogens is 251 g/mol. The minimum Gasteiger partial charge on any atom is -0.462 e. The van der Waals surface area contributed by atoms with Gasteiger partial charge in [0.05, 0.1) is 0 Å². The summed E-state index contributed by atoms with van der Waals surface area (Å²) >= 11 is 0.965. The summed E-state index contributed by atoms with van der Waals surface area (Å²) in [6, 6.07) is 0. The van der Waals surface area contributed by atoms with Crippen LogP contribution in [0.1, 0.15) is 27.2 Å². The Morgan fingerprint density at radius 3 is 2.35 bits per heavy atom. The van der Waals surface area contributed by atoms with Gasteiger partial charge in [-0.1, -0.05) is 0 Å². The molecule has 7 heteroatoms. The van der Waals surface area contributed by atoms with E-state index in [1.807, 2.05) is 0 Å². The van der Waals surface area contributed by atoms with Crippen molar-refractivity contribution in [2.24, 2.45) is 0 Å². The first-order valence-corrected chi connectivity index (χ1v) is 6.11. The summed E-state index contributed by atoms with van der Waals surface area (Å²) in [5, 5.41) is 0.